The van der Waals surface area contributed by atoms with E-state index in [-0.39, 0.29) is 23.8 Å². The number of benzene rings is 2. The minimum atomic E-state index is -0.287. The monoisotopic (exact) mass is 365 g/mol. The summed E-state index contributed by atoms with van der Waals surface area (Å²) >= 11 is 1.49. The Morgan fingerprint density at radius 2 is 1.96 bits per heavy atom. The van der Waals surface area contributed by atoms with Gasteiger partial charge in [-0.15, -0.1) is 0 Å². The van der Waals surface area contributed by atoms with Crippen LogP contribution in [-0.2, 0) is 4.79 Å². The fraction of sp³-hybridized carbons (Fsp3) is 0.250. The SMILES string of the molecule is CCCSc1nc2c(c(=O)[nH]1)C(c1ccc3ccccc3c1)CC(=O)N2. The van der Waals surface area contributed by atoms with Gasteiger partial charge in [0, 0.05) is 18.1 Å². The number of carbonyl (C=O) groups excluding carboxylic acids is 1. The topological polar surface area (TPSA) is 74.8 Å². The van der Waals surface area contributed by atoms with Crippen LogP contribution >= 0.6 is 11.8 Å². The molecular formula is C20H19N3O2S. The summed E-state index contributed by atoms with van der Waals surface area (Å²) in [7, 11) is 0. The molecule has 132 valence electrons. The summed E-state index contributed by atoms with van der Waals surface area (Å²) in [6, 6.07) is 14.1. The molecule has 5 nitrogen and oxygen atoms in total. The van der Waals surface area contributed by atoms with Crippen LogP contribution in [0.1, 0.15) is 36.8 Å². The van der Waals surface area contributed by atoms with E-state index in [1.807, 2.05) is 36.4 Å². The van der Waals surface area contributed by atoms with Gasteiger partial charge in [0.05, 0.1) is 5.56 Å². The Labute approximate surface area is 155 Å². The number of thioether (sulfide) groups is 1. The van der Waals surface area contributed by atoms with E-state index in [4.69, 9.17) is 0 Å². The molecule has 1 aliphatic heterocycles. The highest BCUT2D eigenvalue weighted by Crippen LogP contribution is 2.35. The number of anilines is 1. The van der Waals surface area contributed by atoms with Crippen LogP contribution in [0.15, 0.2) is 52.4 Å². The van der Waals surface area contributed by atoms with Gasteiger partial charge in [-0.25, -0.2) is 4.98 Å². The third kappa shape index (κ3) is 3.12. The van der Waals surface area contributed by atoms with Gasteiger partial charge >= 0.3 is 0 Å². The molecule has 0 saturated heterocycles. The fourth-order valence-electron chi connectivity index (χ4n) is 3.33. The van der Waals surface area contributed by atoms with Gasteiger partial charge in [0.25, 0.3) is 5.56 Å². The molecule has 1 atom stereocenters. The van der Waals surface area contributed by atoms with E-state index in [1.54, 1.807) is 0 Å². The van der Waals surface area contributed by atoms with Crippen LogP contribution in [0.3, 0.4) is 0 Å². The minimum absolute atomic E-state index is 0.111. The van der Waals surface area contributed by atoms with E-state index in [0.717, 1.165) is 28.5 Å². The van der Waals surface area contributed by atoms with Gasteiger partial charge in [0.2, 0.25) is 5.91 Å². The van der Waals surface area contributed by atoms with Crippen LogP contribution in [0.4, 0.5) is 5.82 Å². The van der Waals surface area contributed by atoms with Crippen molar-refractivity contribution in [1.29, 1.82) is 0 Å². The van der Waals surface area contributed by atoms with Crippen molar-refractivity contribution in [2.45, 2.75) is 30.8 Å². The lowest BCUT2D eigenvalue weighted by molar-refractivity contribution is -0.116. The molecule has 2 N–H and O–H groups in total. The van der Waals surface area contributed by atoms with Crippen LogP contribution in [0, 0.1) is 0 Å². The Kier molecular flexibility index (Phi) is 4.51. The lowest BCUT2D eigenvalue weighted by Gasteiger charge is -2.24. The molecular weight excluding hydrogens is 346 g/mol. The van der Waals surface area contributed by atoms with E-state index < -0.39 is 0 Å². The second-order valence-corrected chi connectivity index (χ2v) is 7.48. The van der Waals surface area contributed by atoms with Gasteiger partial charge in [-0.3, -0.25) is 9.59 Å². The Morgan fingerprint density at radius 1 is 1.15 bits per heavy atom. The number of hydrogen-bond donors (Lipinski definition) is 2. The predicted molar refractivity (Wildman–Crippen MR) is 105 cm³/mol. The van der Waals surface area contributed by atoms with Crippen molar-refractivity contribution in [2.24, 2.45) is 0 Å². The molecule has 0 fully saturated rings. The van der Waals surface area contributed by atoms with Crippen molar-refractivity contribution in [3.8, 4) is 0 Å². The first-order valence-electron chi connectivity index (χ1n) is 8.71. The first-order valence-corrected chi connectivity index (χ1v) is 9.70. The normalized spacial score (nSPS) is 16.3. The number of rotatable bonds is 4. The maximum Gasteiger partial charge on any atom is 0.257 e. The standard InChI is InChI=1S/C20H19N3O2S/c1-2-9-26-20-22-18-17(19(25)23-20)15(11-16(24)21-18)14-8-7-12-5-3-4-6-13(12)10-14/h3-8,10,15H,2,9,11H2,1H3,(H2,21,22,23,24,25). The van der Waals surface area contributed by atoms with Crippen LogP contribution in [-0.4, -0.2) is 21.6 Å². The number of hydrogen-bond acceptors (Lipinski definition) is 4. The Morgan fingerprint density at radius 3 is 2.77 bits per heavy atom. The molecule has 1 unspecified atom stereocenters. The predicted octanol–water partition coefficient (Wildman–Crippen LogP) is 3.90. The lowest BCUT2D eigenvalue weighted by atomic mass is 9.86. The third-order valence-corrected chi connectivity index (χ3v) is 5.63. The van der Waals surface area contributed by atoms with Crippen molar-refractivity contribution < 1.29 is 4.79 Å². The van der Waals surface area contributed by atoms with Gasteiger partial charge in [-0.2, -0.15) is 0 Å². The van der Waals surface area contributed by atoms with Crippen molar-refractivity contribution in [3.05, 3.63) is 63.9 Å². The van der Waals surface area contributed by atoms with Crippen molar-refractivity contribution in [1.82, 2.24) is 9.97 Å². The fourth-order valence-corrected chi connectivity index (χ4v) is 4.05. The molecule has 26 heavy (non-hydrogen) atoms. The van der Waals surface area contributed by atoms with Crippen LogP contribution in [0.5, 0.6) is 0 Å². The summed E-state index contributed by atoms with van der Waals surface area (Å²) in [5.41, 5.74) is 1.33. The first-order chi connectivity index (χ1) is 12.7. The molecule has 0 aliphatic carbocycles. The van der Waals surface area contributed by atoms with E-state index >= 15 is 0 Å². The zero-order chi connectivity index (χ0) is 18.1. The summed E-state index contributed by atoms with van der Waals surface area (Å²) in [5, 5.41) is 5.55. The number of fused-ring (bicyclic) bond motifs is 2. The number of carbonyl (C=O) groups is 1. The Hall–Kier alpha value is -2.60. The smallest absolute Gasteiger partial charge is 0.257 e. The van der Waals surface area contributed by atoms with E-state index in [1.165, 1.54) is 11.8 Å². The zero-order valence-corrected chi connectivity index (χ0v) is 15.2. The molecule has 3 aromatic rings. The van der Waals surface area contributed by atoms with Gasteiger partial charge in [0.1, 0.15) is 5.82 Å². The highest BCUT2D eigenvalue weighted by molar-refractivity contribution is 7.99. The number of aromatic nitrogens is 2. The maximum atomic E-state index is 12.7. The summed E-state index contributed by atoms with van der Waals surface area (Å²) < 4.78 is 0. The van der Waals surface area contributed by atoms with Gasteiger partial charge < -0.3 is 10.3 Å². The molecule has 0 radical (unpaired) electrons. The molecule has 1 aromatic heterocycles. The van der Waals surface area contributed by atoms with Crippen LogP contribution in [0.25, 0.3) is 10.8 Å². The van der Waals surface area contributed by atoms with E-state index in [0.29, 0.717) is 16.5 Å². The van der Waals surface area contributed by atoms with Gasteiger partial charge in [0.15, 0.2) is 5.16 Å². The number of amides is 1. The molecule has 0 bridgehead atoms. The first kappa shape index (κ1) is 16.8. The maximum absolute atomic E-state index is 12.7. The molecule has 0 saturated carbocycles. The molecule has 0 spiro atoms. The summed E-state index contributed by atoms with van der Waals surface area (Å²) in [4.78, 5) is 32.3. The number of aromatic amines is 1. The van der Waals surface area contributed by atoms with Crippen LogP contribution < -0.4 is 10.9 Å². The largest absolute Gasteiger partial charge is 0.310 e. The van der Waals surface area contributed by atoms with E-state index in [9.17, 15) is 9.59 Å². The lowest BCUT2D eigenvalue weighted by Crippen LogP contribution is -2.31. The summed E-state index contributed by atoms with van der Waals surface area (Å²) in [5.74, 6) is 0.857. The third-order valence-electron chi connectivity index (χ3n) is 4.55. The van der Waals surface area contributed by atoms with Crippen molar-refractivity contribution >= 4 is 34.3 Å². The molecule has 4 rings (SSSR count). The average Bonchev–Trinajstić information content (AvgIpc) is 2.65. The molecule has 2 heterocycles. The van der Waals surface area contributed by atoms with Crippen molar-refractivity contribution in [2.75, 3.05) is 11.1 Å². The van der Waals surface area contributed by atoms with Crippen LogP contribution in [0.2, 0.25) is 0 Å². The van der Waals surface area contributed by atoms with Gasteiger partial charge in [-0.05, 0) is 22.8 Å². The highest BCUT2D eigenvalue weighted by Gasteiger charge is 2.31. The number of nitrogens with one attached hydrogen (secondary N) is 2. The van der Waals surface area contributed by atoms with E-state index in [2.05, 4.69) is 28.3 Å². The van der Waals surface area contributed by atoms with Gasteiger partial charge in [-0.1, -0.05) is 61.2 Å². The Bertz CT molecular complexity index is 1040. The minimum Gasteiger partial charge on any atom is -0.310 e. The van der Waals surface area contributed by atoms with Crippen molar-refractivity contribution in [3.63, 3.8) is 0 Å². The second kappa shape index (κ2) is 6.96. The summed E-state index contributed by atoms with van der Waals surface area (Å²) in [6.07, 6.45) is 1.23. The molecule has 6 heteroatoms. The Balaban J connectivity index is 1.81. The average molecular weight is 365 g/mol. The molecule has 1 aliphatic rings. The zero-order valence-electron chi connectivity index (χ0n) is 14.4. The molecule has 1 amide bonds. The number of H-pyrrole nitrogens is 1. The number of nitrogens with zero attached hydrogens (tertiary/aromatic N) is 1. The summed E-state index contributed by atoms with van der Waals surface area (Å²) in [6.45, 7) is 2.07. The second-order valence-electron chi connectivity index (χ2n) is 6.39. The quantitative estimate of drug-likeness (QED) is 0.543. The highest BCUT2D eigenvalue weighted by atomic mass is 32.2. The molecule has 2 aromatic carbocycles.